The van der Waals surface area contributed by atoms with E-state index in [1.165, 1.54) is 11.7 Å². The number of nitrogens with zero attached hydrogens (tertiary/aromatic N) is 2. The predicted octanol–water partition coefficient (Wildman–Crippen LogP) is -0.270. The molecule has 5 heteroatoms. The van der Waals surface area contributed by atoms with Gasteiger partial charge in [0.1, 0.15) is 0 Å². The number of aromatic nitrogens is 2. The third-order valence-electron chi connectivity index (χ3n) is 1.81. The van der Waals surface area contributed by atoms with Gasteiger partial charge in [0.25, 0.3) is 0 Å². The first kappa shape index (κ1) is 9.73. The van der Waals surface area contributed by atoms with Crippen molar-refractivity contribution in [2.75, 3.05) is 7.11 Å². The molecule has 1 rings (SSSR count). The van der Waals surface area contributed by atoms with E-state index in [1.807, 2.05) is 6.92 Å². The molecule has 0 atom stereocenters. The minimum absolute atomic E-state index is 0.308. The van der Waals surface area contributed by atoms with Crippen molar-refractivity contribution in [1.82, 2.24) is 9.55 Å². The lowest BCUT2D eigenvalue weighted by Gasteiger charge is -2.08. The van der Waals surface area contributed by atoms with Crippen molar-refractivity contribution < 1.29 is 4.74 Å². The lowest BCUT2D eigenvalue weighted by atomic mass is 10.4. The Morgan fingerprint density at radius 2 is 2.38 bits per heavy atom. The van der Waals surface area contributed by atoms with E-state index in [9.17, 15) is 4.79 Å². The third kappa shape index (κ3) is 1.86. The average Bonchev–Trinajstić information content (AvgIpc) is 2.16. The Morgan fingerprint density at radius 3 is 2.85 bits per heavy atom. The summed E-state index contributed by atoms with van der Waals surface area (Å²) in [5.74, 6) is 0.315. The van der Waals surface area contributed by atoms with Gasteiger partial charge in [0.05, 0.1) is 7.11 Å². The Bertz CT molecular complexity index is 346. The molecule has 0 spiro atoms. The van der Waals surface area contributed by atoms with Gasteiger partial charge >= 0.3 is 5.69 Å². The van der Waals surface area contributed by atoms with Gasteiger partial charge in [-0.25, -0.2) is 4.79 Å². The highest BCUT2D eigenvalue weighted by atomic mass is 16.5. The van der Waals surface area contributed by atoms with Gasteiger partial charge in [0.2, 0.25) is 5.88 Å². The van der Waals surface area contributed by atoms with Crippen molar-refractivity contribution in [2.24, 2.45) is 5.73 Å². The molecule has 0 bridgehead atoms. The van der Waals surface area contributed by atoms with Gasteiger partial charge in [-0.2, -0.15) is 4.98 Å². The van der Waals surface area contributed by atoms with Crippen LogP contribution in [0.15, 0.2) is 10.9 Å². The zero-order valence-electron chi connectivity index (χ0n) is 7.78. The van der Waals surface area contributed by atoms with E-state index < -0.39 is 0 Å². The van der Waals surface area contributed by atoms with E-state index in [1.54, 1.807) is 6.07 Å². The molecule has 1 aromatic rings. The normalized spacial score (nSPS) is 10.1. The van der Waals surface area contributed by atoms with Gasteiger partial charge < -0.3 is 10.5 Å². The van der Waals surface area contributed by atoms with Crippen LogP contribution in [-0.2, 0) is 13.1 Å². The van der Waals surface area contributed by atoms with E-state index in [2.05, 4.69) is 4.98 Å². The molecule has 1 aromatic heterocycles. The van der Waals surface area contributed by atoms with E-state index in [0.717, 1.165) is 5.69 Å². The first-order valence-corrected chi connectivity index (χ1v) is 4.07. The van der Waals surface area contributed by atoms with Crippen molar-refractivity contribution in [3.05, 3.63) is 22.2 Å². The van der Waals surface area contributed by atoms with Gasteiger partial charge in [0.15, 0.2) is 0 Å². The lowest BCUT2D eigenvalue weighted by molar-refractivity contribution is 0.390. The average molecular weight is 183 g/mol. The second-order valence-corrected chi connectivity index (χ2v) is 2.52. The van der Waals surface area contributed by atoms with Crippen molar-refractivity contribution in [3.8, 4) is 5.88 Å². The van der Waals surface area contributed by atoms with Gasteiger partial charge in [-0.3, -0.25) is 4.57 Å². The Kier molecular flexibility index (Phi) is 3.02. The maximum atomic E-state index is 11.3. The van der Waals surface area contributed by atoms with Gasteiger partial charge in [-0.1, -0.05) is 0 Å². The molecule has 1 heterocycles. The lowest BCUT2D eigenvalue weighted by Crippen LogP contribution is -2.26. The summed E-state index contributed by atoms with van der Waals surface area (Å²) < 4.78 is 6.37. The van der Waals surface area contributed by atoms with Crippen LogP contribution in [0.1, 0.15) is 12.6 Å². The first-order chi connectivity index (χ1) is 6.22. The summed E-state index contributed by atoms with van der Waals surface area (Å²) in [6.07, 6.45) is 0. The molecule has 13 heavy (non-hydrogen) atoms. The molecule has 0 saturated carbocycles. The monoisotopic (exact) mass is 183 g/mol. The minimum atomic E-state index is -0.317. The number of methoxy groups -OCH3 is 1. The zero-order valence-corrected chi connectivity index (χ0v) is 7.78. The Balaban J connectivity index is 3.29. The second kappa shape index (κ2) is 4.04. The summed E-state index contributed by atoms with van der Waals surface area (Å²) in [5.41, 5.74) is 5.89. The minimum Gasteiger partial charge on any atom is -0.481 e. The maximum Gasteiger partial charge on any atom is 0.351 e. The molecule has 0 aliphatic rings. The molecule has 0 saturated heterocycles. The van der Waals surface area contributed by atoms with Crippen LogP contribution in [0, 0.1) is 0 Å². The van der Waals surface area contributed by atoms with E-state index in [0.29, 0.717) is 19.0 Å². The molecule has 0 fully saturated rings. The number of nitrogens with two attached hydrogens (primary N) is 1. The van der Waals surface area contributed by atoms with Crippen molar-refractivity contribution in [1.29, 1.82) is 0 Å². The van der Waals surface area contributed by atoms with Crippen LogP contribution < -0.4 is 16.2 Å². The molecule has 0 amide bonds. The van der Waals surface area contributed by atoms with Crippen molar-refractivity contribution in [2.45, 2.75) is 20.0 Å². The van der Waals surface area contributed by atoms with E-state index in [-0.39, 0.29) is 5.69 Å². The summed E-state index contributed by atoms with van der Waals surface area (Å²) in [4.78, 5) is 15.0. The van der Waals surface area contributed by atoms with Gasteiger partial charge in [-0.05, 0) is 6.92 Å². The smallest absolute Gasteiger partial charge is 0.351 e. The molecule has 0 aliphatic heterocycles. The van der Waals surface area contributed by atoms with Gasteiger partial charge in [-0.15, -0.1) is 0 Å². The van der Waals surface area contributed by atoms with Gasteiger partial charge in [0, 0.05) is 24.8 Å². The first-order valence-electron chi connectivity index (χ1n) is 4.07. The molecule has 2 N–H and O–H groups in total. The van der Waals surface area contributed by atoms with Crippen LogP contribution in [-0.4, -0.2) is 16.7 Å². The molecule has 72 valence electrons. The van der Waals surface area contributed by atoms with E-state index >= 15 is 0 Å². The highest BCUT2D eigenvalue weighted by molar-refractivity contribution is 5.14. The zero-order chi connectivity index (χ0) is 9.84. The molecular weight excluding hydrogens is 170 g/mol. The summed E-state index contributed by atoms with van der Waals surface area (Å²) in [5, 5.41) is 0. The number of ether oxygens (including phenoxy) is 1. The molecule has 0 radical (unpaired) electrons. The fraction of sp³-hybridized carbons (Fsp3) is 0.500. The Hall–Kier alpha value is -1.36. The number of hydrogen-bond donors (Lipinski definition) is 1. The SMILES string of the molecule is CCn1c(CN)cc(OC)nc1=O. The molecular formula is C8H13N3O2. The third-order valence-corrected chi connectivity index (χ3v) is 1.81. The summed E-state index contributed by atoms with van der Waals surface area (Å²) in [6, 6.07) is 1.67. The largest absolute Gasteiger partial charge is 0.481 e. The highest BCUT2D eigenvalue weighted by Crippen LogP contribution is 2.05. The van der Waals surface area contributed by atoms with Crippen LogP contribution in [0.25, 0.3) is 0 Å². The van der Waals surface area contributed by atoms with Crippen molar-refractivity contribution in [3.63, 3.8) is 0 Å². The molecule has 0 unspecified atom stereocenters. The van der Waals surface area contributed by atoms with Crippen LogP contribution >= 0.6 is 0 Å². The summed E-state index contributed by atoms with van der Waals surface area (Å²) >= 11 is 0. The van der Waals surface area contributed by atoms with E-state index in [4.69, 9.17) is 10.5 Å². The van der Waals surface area contributed by atoms with Crippen molar-refractivity contribution >= 4 is 0 Å². The topological polar surface area (TPSA) is 70.1 Å². The summed E-state index contributed by atoms with van der Waals surface area (Å²) in [7, 11) is 1.47. The van der Waals surface area contributed by atoms with Crippen LogP contribution in [0.2, 0.25) is 0 Å². The quantitative estimate of drug-likeness (QED) is 0.700. The Labute approximate surface area is 76.2 Å². The van der Waals surface area contributed by atoms with Crippen LogP contribution in [0.4, 0.5) is 0 Å². The van der Waals surface area contributed by atoms with Crippen LogP contribution in [0.3, 0.4) is 0 Å². The standard InChI is InChI=1S/C8H13N3O2/c1-3-11-6(5-9)4-7(13-2)10-8(11)12/h4H,3,5,9H2,1-2H3. The van der Waals surface area contributed by atoms with Crippen LogP contribution in [0.5, 0.6) is 5.88 Å². The maximum absolute atomic E-state index is 11.3. The fourth-order valence-corrected chi connectivity index (χ4v) is 1.14. The highest BCUT2D eigenvalue weighted by Gasteiger charge is 2.04. The molecule has 0 aromatic carbocycles. The number of rotatable bonds is 3. The molecule has 0 aliphatic carbocycles. The number of hydrogen-bond acceptors (Lipinski definition) is 4. The Morgan fingerprint density at radius 1 is 1.69 bits per heavy atom. The fourth-order valence-electron chi connectivity index (χ4n) is 1.14. The molecule has 5 nitrogen and oxygen atoms in total. The predicted molar refractivity (Wildman–Crippen MR) is 48.6 cm³/mol. The second-order valence-electron chi connectivity index (χ2n) is 2.52. The summed E-state index contributed by atoms with van der Waals surface area (Å²) in [6.45, 7) is 2.75.